The Bertz CT molecular complexity index is 889. The average Bonchev–Trinajstić information content (AvgIpc) is 2.72. The van der Waals surface area contributed by atoms with Crippen molar-refractivity contribution in [2.45, 2.75) is 20.1 Å². The zero-order valence-electron chi connectivity index (χ0n) is 15.7. The van der Waals surface area contributed by atoms with Crippen LogP contribution in [0.25, 0.3) is 11.1 Å². The summed E-state index contributed by atoms with van der Waals surface area (Å²) in [5.41, 5.74) is 10.9. The van der Waals surface area contributed by atoms with Gasteiger partial charge in [0.2, 0.25) is 11.8 Å². The Kier molecular flexibility index (Phi) is 5.88. The number of hydrogen-bond acceptors (Lipinski definition) is 6. The zero-order chi connectivity index (χ0) is 19.2. The molecule has 2 aromatic carbocycles. The molecule has 140 valence electrons. The molecule has 0 spiro atoms. The molecule has 27 heavy (non-hydrogen) atoms. The summed E-state index contributed by atoms with van der Waals surface area (Å²) < 4.78 is 16.4. The molecule has 1 aromatic heterocycles. The van der Waals surface area contributed by atoms with Crippen LogP contribution in [0, 0.1) is 6.92 Å². The van der Waals surface area contributed by atoms with E-state index in [0.717, 1.165) is 11.1 Å². The molecule has 6 nitrogen and oxygen atoms in total. The molecule has 0 fully saturated rings. The molecule has 0 atom stereocenters. The Hall–Kier alpha value is -3.12. The molecule has 6 heteroatoms. The second kappa shape index (κ2) is 8.51. The molecule has 0 bridgehead atoms. The zero-order valence-corrected chi connectivity index (χ0v) is 15.7. The molecule has 2 N–H and O–H groups in total. The first-order chi connectivity index (χ1) is 13.2. The number of rotatable bonds is 7. The van der Waals surface area contributed by atoms with Gasteiger partial charge in [0, 0.05) is 6.54 Å². The maximum absolute atomic E-state index is 5.83. The molecule has 3 rings (SSSR count). The Morgan fingerprint density at radius 3 is 2.15 bits per heavy atom. The first-order valence-electron chi connectivity index (χ1n) is 8.63. The number of benzene rings is 2. The predicted molar refractivity (Wildman–Crippen MR) is 104 cm³/mol. The van der Waals surface area contributed by atoms with E-state index in [1.54, 1.807) is 0 Å². The van der Waals surface area contributed by atoms with E-state index in [9.17, 15) is 0 Å². The largest absolute Gasteiger partial charge is 0.481 e. The van der Waals surface area contributed by atoms with Gasteiger partial charge in [0.15, 0.2) is 0 Å². The molecule has 0 aliphatic heterocycles. The highest BCUT2D eigenvalue weighted by Gasteiger charge is 2.16. The Morgan fingerprint density at radius 1 is 0.889 bits per heavy atom. The smallest absolute Gasteiger partial charge is 0.323 e. The average molecular weight is 365 g/mol. The summed E-state index contributed by atoms with van der Waals surface area (Å²) in [6.07, 6.45) is 0. The van der Waals surface area contributed by atoms with Crippen molar-refractivity contribution in [3.05, 3.63) is 65.2 Å². The summed E-state index contributed by atoms with van der Waals surface area (Å²) in [5, 5.41) is 0. The Balaban J connectivity index is 1.85. The van der Waals surface area contributed by atoms with Gasteiger partial charge in [-0.2, -0.15) is 9.97 Å². The van der Waals surface area contributed by atoms with Crippen LogP contribution in [-0.2, 0) is 13.2 Å². The number of aromatic nitrogens is 2. The van der Waals surface area contributed by atoms with Gasteiger partial charge in [0.1, 0.15) is 6.61 Å². The fraction of sp³-hybridized carbons (Fsp3) is 0.238. The van der Waals surface area contributed by atoms with Crippen molar-refractivity contribution in [3.63, 3.8) is 0 Å². The van der Waals surface area contributed by atoms with Crippen LogP contribution in [0.5, 0.6) is 17.8 Å². The number of nitrogens with two attached hydrogens (primary N) is 1. The molecule has 0 saturated carbocycles. The van der Waals surface area contributed by atoms with Gasteiger partial charge in [0.25, 0.3) is 0 Å². The molecular formula is C21H23N3O3. The predicted octanol–water partition coefficient (Wildman–Crippen LogP) is 3.51. The number of nitrogens with zero attached hydrogens (tertiary/aromatic N) is 2. The fourth-order valence-corrected chi connectivity index (χ4v) is 2.91. The lowest BCUT2D eigenvalue weighted by Gasteiger charge is -2.14. The van der Waals surface area contributed by atoms with Crippen molar-refractivity contribution < 1.29 is 14.2 Å². The number of ether oxygens (including phenoxy) is 3. The van der Waals surface area contributed by atoms with Crippen LogP contribution in [0.15, 0.2) is 48.5 Å². The molecule has 0 amide bonds. The number of methoxy groups -OCH3 is 2. The van der Waals surface area contributed by atoms with Crippen molar-refractivity contribution in [2.24, 2.45) is 5.73 Å². The van der Waals surface area contributed by atoms with Crippen LogP contribution in [0.3, 0.4) is 0 Å². The SMILES string of the molecule is COc1nc(OCc2cccc(-c3ccccc3)c2C)nc(OC)c1CN. The lowest BCUT2D eigenvalue weighted by molar-refractivity contribution is 0.263. The first-order valence-corrected chi connectivity index (χ1v) is 8.63. The molecule has 0 aliphatic rings. The van der Waals surface area contributed by atoms with Gasteiger partial charge in [-0.25, -0.2) is 0 Å². The summed E-state index contributed by atoms with van der Waals surface area (Å²) in [5.74, 6) is 0.711. The lowest BCUT2D eigenvalue weighted by atomic mass is 9.97. The molecule has 0 radical (unpaired) electrons. The van der Waals surface area contributed by atoms with Crippen LogP contribution in [0.4, 0.5) is 0 Å². The van der Waals surface area contributed by atoms with Crippen molar-refractivity contribution >= 4 is 0 Å². The minimum atomic E-state index is 0.186. The normalized spacial score (nSPS) is 10.5. The molecule has 3 aromatic rings. The van der Waals surface area contributed by atoms with E-state index >= 15 is 0 Å². The summed E-state index contributed by atoms with van der Waals surface area (Å²) >= 11 is 0. The van der Waals surface area contributed by atoms with E-state index in [4.69, 9.17) is 19.9 Å². The minimum absolute atomic E-state index is 0.186. The van der Waals surface area contributed by atoms with Gasteiger partial charge in [-0.3, -0.25) is 0 Å². The van der Waals surface area contributed by atoms with Crippen LogP contribution in [0.2, 0.25) is 0 Å². The van der Waals surface area contributed by atoms with Crippen molar-refractivity contribution in [1.29, 1.82) is 0 Å². The topological polar surface area (TPSA) is 79.5 Å². The highest BCUT2D eigenvalue weighted by molar-refractivity contribution is 5.68. The van der Waals surface area contributed by atoms with Crippen LogP contribution in [-0.4, -0.2) is 24.2 Å². The fourth-order valence-electron chi connectivity index (χ4n) is 2.91. The Morgan fingerprint density at radius 2 is 1.56 bits per heavy atom. The van der Waals surface area contributed by atoms with Gasteiger partial charge in [-0.15, -0.1) is 0 Å². The van der Waals surface area contributed by atoms with Gasteiger partial charge < -0.3 is 19.9 Å². The van der Waals surface area contributed by atoms with Gasteiger partial charge in [0.05, 0.1) is 19.8 Å². The second-order valence-electron chi connectivity index (χ2n) is 5.95. The van der Waals surface area contributed by atoms with E-state index in [2.05, 4.69) is 35.1 Å². The molecule has 0 aliphatic carbocycles. The molecular weight excluding hydrogens is 342 g/mol. The van der Waals surface area contributed by atoms with Gasteiger partial charge >= 0.3 is 6.01 Å². The van der Waals surface area contributed by atoms with Crippen molar-refractivity contribution in [2.75, 3.05) is 14.2 Å². The summed E-state index contributed by atoms with van der Waals surface area (Å²) in [6.45, 7) is 2.63. The number of hydrogen-bond donors (Lipinski definition) is 1. The van der Waals surface area contributed by atoms with Gasteiger partial charge in [-0.1, -0.05) is 48.5 Å². The molecule has 1 heterocycles. The van der Waals surface area contributed by atoms with E-state index in [0.29, 0.717) is 23.9 Å². The monoisotopic (exact) mass is 365 g/mol. The van der Waals surface area contributed by atoms with Crippen LogP contribution in [0.1, 0.15) is 16.7 Å². The maximum Gasteiger partial charge on any atom is 0.323 e. The molecule has 0 unspecified atom stereocenters. The summed E-state index contributed by atoms with van der Waals surface area (Å²) in [7, 11) is 3.05. The third kappa shape index (κ3) is 4.01. The van der Waals surface area contributed by atoms with Crippen LogP contribution < -0.4 is 19.9 Å². The van der Waals surface area contributed by atoms with Gasteiger partial charge in [-0.05, 0) is 29.2 Å². The van der Waals surface area contributed by atoms with E-state index in [1.165, 1.54) is 25.3 Å². The second-order valence-corrected chi connectivity index (χ2v) is 5.95. The quantitative estimate of drug-likeness (QED) is 0.690. The first kappa shape index (κ1) is 18.7. The van der Waals surface area contributed by atoms with Crippen molar-refractivity contribution in [3.8, 4) is 28.9 Å². The van der Waals surface area contributed by atoms with E-state index in [1.807, 2.05) is 30.3 Å². The van der Waals surface area contributed by atoms with E-state index in [-0.39, 0.29) is 12.6 Å². The van der Waals surface area contributed by atoms with Crippen LogP contribution >= 0.6 is 0 Å². The standard InChI is InChI=1S/C21H23N3O3/c1-14-16(10-7-11-17(14)15-8-5-4-6-9-15)13-27-21-23-19(25-2)18(12-22)20(24-21)26-3/h4-11H,12-13,22H2,1-3H3. The summed E-state index contributed by atoms with van der Waals surface area (Å²) in [4.78, 5) is 8.56. The highest BCUT2D eigenvalue weighted by atomic mass is 16.5. The molecule has 0 saturated heterocycles. The Labute approximate surface area is 158 Å². The van der Waals surface area contributed by atoms with E-state index < -0.39 is 0 Å². The van der Waals surface area contributed by atoms with Crippen molar-refractivity contribution in [1.82, 2.24) is 9.97 Å². The lowest BCUT2D eigenvalue weighted by Crippen LogP contribution is -2.09. The third-order valence-electron chi connectivity index (χ3n) is 4.39. The summed E-state index contributed by atoms with van der Waals surface area (Å²) in [6, 6.07) is 16.6. The third-order valence-corrected chi connectivity index (χ3v) is 4.39. The highest BCUT2D eigenvalue weighted by Crippen LogP contribution is 2.29. The minimum Gasteiger partial charge on any atom is -0.481 e. The maximum atomic E-state index is 5.83.